The normalized spacial score (nSPS) is 14.2. The van der Waals surface area contributed by atoms with Gasteiger partial charge in [0.15, 0.2) is 0 Å². The fourth-order valence-electron chi connectivity index (χ4n) is 2.18. The Morgan fingerprint density at radius 3 is 2.17 bits per heavy atom. The number of hydrogen-bond acceptors (Lipinski definition) is 3. The van der Waals surface area contributed by atoms with Gasteiger partial charge < -0.3 is 5.32 Å². The van der Waals surface area contributed by atoms with Gasteiger partial charge in [-0.3, -0.25) is 9.59 Å². The van der Waals surface area contributed by atoms with Crippen LogP contribution in [0.15, 0.2) is 48.2 Å². The van der Waals surface area contributed by atoms with Gasteiger partial charge in [-0.15, -0.1) is 0 Å². The van der Waals surface area contributed by atoms with Crippen LogP contribution in [0.25, 0.3) is 0 Å². The van der Waals surface area contributed by atoms with E-state index in [1.165, 1.54) is 12.1 Å². The van der Waals surface area contributed by atoms with Crippen molar-refractivity contribution in [3.8, 4) is 0 Å². The van der Waals surface area contributed by atoms with Crippen LogP contribution in [0.1, 0.15) is 0 Å². The maximum Gasteiger partial charge on any atom is 0.281 e. The number of nitrogens with zero attached hydrogens (tertiary/aromatic N) is 1. The molecule has 1 N–H and O–H groups in total. The summed E-state index contributed by atoms with van der Waals surface area (Å²) in [6, 6.07) is 9.28. The summed E-state index contributed by atoms with van der Waals surface area (Å²) in [4.78, 5) is 25.7. The van der Waals surface area contributed by atoms with Crippen molar-refractivity contribution in [2.75, 3.05) is 10.2 Å². The molecule has 0 fully saturated rings. The Bertz CT molecular complexity index is 896. The summed E-state index contributed by atoms with van der Waals surface area (Å²) in [7, 11) is 0. The highest BCUT2D eigenvalue weighted by Crippen LogP contribution is 2.33. The highest BCUT2D eigenvalue weighted by molar-refractivity contribution is 6.40. The molecular weight excluding hydrogens is 394 g/mol. The maximum atomic E-state index is 12.6. The van der Waals surface area contributed by atoms with Crippen LogP contribution in [0.4, 0.5) is 11.4 Å². The van der Waals surface area contributed by atoms with Gasteiger partial charge in [-0.2, -0.15) is 0 Å². The number of amides is 2. The zero-order valence-electron chi connectivity index (χ0n) is 11.8. The molecular formula is C16H8Cl4N2O2. The van der Waals surface area contributed by atoms with Crippen molar-refractivity contribution in [2.45, 2.75) is 0 Å². The van der Waals surface area contributed by atoms with Crippen LogP contribution in [0.5, 0.6) is 0 Å². The second-order valence-corrected chi connectivity index (χ2v) is 6.57. The van der Waals surface area contributed by atoms with Gasteiger partial charge in [0.05, 0.1) is 21.4 Å². The van der Waals surface area contributed by atoms with E-state index >= 15 is 0 Å². The zero-order valence-corrected chi connectivity index (χ0v) is 14.8. The Balaban J connectivity index is 1.92. The molecule has 2 aromatic rings. The van der Waals surface area contributed by atoms with Crippen LogP contribution < -0.4 is 10.2 Å². The minimum absolute atomic E-state index is 0.0557. The van der Waals surface area contributed by atoms with Crippen LogP contribution in [0, 0.1) is 0 Å². The molecule has 24 heavy (non-hydrogen) atoms. The summed E-state index contributed by atoms with van der Waals surface area (Å²) < 4.78 is 0. The first-order chi connectivity index (χ1) is 11.4. The molecule has 4 nitrogen and oxygen atoms in total. The predicted molar refractivity (Wildman–Crippen MR) is 97.1 cm³/mol. The van der Waals surface area contributed by atoms with E-state index < -0.39 is 11.8 Å². The van der Waals surface area contributed by atoms with Crippen molar-refractivity contribution in [3.63, 3.8) is 0 Å². The Kier molecular flexibility index (Phi) is 4.74. The molecule has 3 rings (SSSR count). The number of anilines is 2. The molecule has 0 atom stereocenters. The maximum absolute atomic E-state index is 12.6. The predicted octanol–water partition coefficient (Wildman–Crippen LogP) is 5.17. The van der Waals surface area contributed by atoms with E-state index in [0.717, 1.165) is 11.0 Å². The van der Waals surface area contributed by atoms with E-state index in [-0.39, 0.29) is 16.4 Å². The van der Waals surface area contributed by atoms with Crippen molar-refractivity contribution in [2.24, 2.45) is 0 Å². The van der Waals surface area contributed by atoms with E-state index in [0.29, 0.717) is 20.8 Å². The number of hydrogen-bond donors (Lipinski definition) is 1. The third-order valence-electron chi connectivity index (χ3n) is 3.27. The Morgan fingerprint density at radius 2 is 1.46 bits per heavy atom. The fraction of sp³-hybridized carbons (Fsp3) is 0. The van der Waals surface area contributed by atoms with Gasteiger partial charge in [0.2, 0.25) is 0 Å². The number of benzene rings is 2. The second kappa shape index (κ2) is 6.65. The number of carbonyl (C=O) groups excluding carboxylic acids is 2. The van der Waals surface area contributed by atoms with Gasteiger partial charge >= 0.3 is 0 Å². The van der Waals surface area contributed by atoms with Gasteiger partial charge in [0.1, 0.15) is 5.70 Å². The molecule has 0 unspecified atom stereocenters. The third kappa shape index (κ3) is 3.23. The molecule has 0 saturated carbocycles. The summed E-state index contributed by atoms with van der Waals surface area (Å²) in [5.41, 5.74) is 0.681. The van der Waals surface area contributed by atoms with E-state index in [4.69, 9.17) is 46.4 Å². The molecule has 0 spiro atoms. The third-order valence-corrected chi connectivity index (χ3v) is 4.39. The van der Waals surface area contributed by atoms with Crippen LogP contribution >= 0.6 is 46.4 Å². The van der Waals surface area contributed by atoms with Crippen molar-refractivity contribution in [1.29, 1.82) is 0 Å². The van der Waals surface area contributed by atoms with Crippen LogP contribution in [-0.2, 0) is 9.59 Å². The molecule has 0 aliphatic carbocycles. The minimum atomic E-state index is -0.569. The molecule has 1 aliphatic heterocycles. The van der Waals surface area contributed by atoms with Crippen LogP contribution in [0.3, 0.4) is 0 Å². The quantitative estimate of drug-likeness (QED) is 0.721. The lowest BCUT2D eigenvalue weighted by molar-refractivity contribution is -0.120. The lowest BCUT2D eigenvalue weighted by Crippen LogP contribution is -2.32. The SMILES string of the molecule is O=C1C=C(Nc2cc(Cl)ccc2Cl)C(=O)N1c1cc(Cl)ccc1Cl. The first-order valence-electron chi connectivity index (χ1n) is 6.64. The number of imide groups is 1. The number of rotatable bonds is 3. The average molecular weight is 402 g/mol. The number of halogens is 4. The summed E-state index contributed by atoms with van der Waals surface area (Å²) in [5.74, 6) is -1.11. The summed E-state index contributed by atoms with van der Waals surface area (Å²) >= 11 is 24.0. The average Bonchev–Trinajstić information content (AvgIpc) is 2.80. The van der Waals surface area contributed by atoms with Crippen molar-refractivity contribution >= 4 is 69.6 Å². The monoisotopic (exact) mass is 400 g/mol. The van der Waals surface area contributed by atoms with E-state index in [9.17, 15) is 9.59 Å². The molecule has 0 aromatic heterocycles. The van der Waals surface area contributed by atoms with Crippen LogP contribution in [0.2, 0.25) is 20.1 Å². The molecule has 2 amide bonds. The molecule has 8 heteroatoms. The second-order valence-electron chi connectivity index (χ2n) is 4.88. The molecule has 2 aromatic carbocycles. The molecule has 0 radical (unpaired) electrons. The Hall–Kier alpha value is -1.72. The number of carbonyl (C=O) groups is 2. The largest absolute Gasteiger partial charge is 0.350 e. The Morgan fingerprint density at radius 1 is 0.833 bits per heavy atom. The smallest absolute Gasteiger partial charge is 0.281 e. The van der Waals surface area contributed by atoms with Gasteiger partial charge in [0.25, 0.3) is 11.8 Å². The van der Waals surface area contributed by atoms with E-state index in [1.807, 2.05) is 0 Å². The number of nitrogens with one attached hydrogen (secondary N) is 1. The topological polar surface area (TPSA) is 49.4 Å². The minimum Gasteiger partial charge on any atom is -0.350 e. The summed E-state index contributed by atoms with van der Waals surface area (Å²) in [6.45, 7) is 0. The highest BCUT2D eigenvalue weighted by Gasteiger charge is 2.34. The van der Waals surface area contributed by atoms with Gasteiger partial charge in [-0.25, -0.2) is 4.90 Å². The summed E-state index contributed by atoms with van der Waals surface area (Å²) in [5, 5.41) is 4.21. The first-order valence-corrected chi connectivity index (χ1v) is 8.15. The van der Waals surface area contributed by atoms with Gasteiger partial charge in [-0.05, 0) is 36.4 Å². The molecule has 0 saturated heterocycles. The zero-order chi connectivity index (χ0) is 17.4. The molecule has 1 heterocycles. The molecule has 0 bridgehead atoms. The fourth-order valence-corrected chi connectivity index (χ4v) is 2.89. The van der Waals surface area contributed by atoms with Crippen molar-refractivity contribution in [1.82, 2.24) is 0 Å². The van der Waals surface area contributed by atoms with Gasteiger partial charge in [0, 0.05) is 16.1 Å². The lowest BCUT2D eigenvalue weighted by Gasteiger charge is -2.17. The van der Waals surface area contributed by atoms with Crippen LogP contribution in [-0.4, -0.2) is 11.8 Å². The van der Waals surface area contributed by atoms with E-state index in [1.54, 1.807) is 24.3 Å². The lowest BCUT2D eigenvalue weighted by atomic mass is 10.2. The first kappa shape index (κ1) is 17.1. The van der Waals surface area contributed by atoms with Gasteiger partial charge in [-0.1, -0.05) is 46.4 Å². The molecule has 122 valence electrons. The Labute approximate surface area is 157 Å². The highest BCUT2D eigenvalue weighted by atomic mass is 35.5. The summed E-state index contributed by atoms with van der Waals surface area (Å²) in [6.07, 6.45) is 1.16. The standard InChI is InChI=1S/C16H8Cl4N2O2/c17-8-1-3-10(19)12(5-8)21-13-7-15(23)22(16(13)24)14-6-9(18)2-4-11(14)20/h1-7,21H. The van der Waals surface area contributed by atoms with Crippen molar-refractivity contribution in [3.05, 3.63) is 68.3 Å². The van der Waals surface area contributed by atoms with E-state index in [2.05, 4.69) is 5.32 Å². The molecule has 1 aliphatic rings. The van der Waals surface area contributed by atoms with Crippen molar-refractivity contribution < 1.29 is 9.59 Å².